The van der Waals surface area contributed by atoms with Crippen molar-refractivity contribution < 1.29 is 9.47 Å². The number of aromatic nitrogens is 6. The highest BCUT2D eigenvalue weighted by Gasteiger charge is 2.19. The van der Waals surface area contributed by atoms with Crippen LogP contribution >= 0.6 is 0 Å². The molecule has 0 saturated heterocycles. The Morgan fingerprint density at radius 2 is 0.852 bits per heavy atom. The smallest absolute Gasteiger partial charge is 0.159 e. The monoisotopic (exact) mass is 700 g/mol. The van der Waals surface area contributed by atoms with Gasteiger partial charge in [-0.15, -0.1) is 0 Å². The van der Waals surface area contributed by atoms with Crippen molar-refractivity contribution in [3.05, 3.63) is 169 Å². The van der Waals surface area contributed by atoms with Gasteiger partial charge in [-0.05, 0) is 91.7 Å². The van der Waals surface area contributed by atoms with Gasteiger partial charge in [0.15, 0.2) is 5.82 Å². The molecule has 8 nitrogen and oxygen atoms in total. The Morgan fingerprint density at radius 3 is 1.33 bits per heavy atom. The lowest BCUT2D eigenvalue weighted by Crippen LogP contribution is -1.97. The van der Waals surface area contributed by atoms with E-state index in [1.165, 1.54) is 0 Å². The highest BCUT2D eigenvalue weighted by molar-refractivity contribution is 6.12. The summed E-state index contributed by atoms with van der Waals surface area (Å²) in [5.41, 5.74) is 7.15. The molecule has 10 aromatic rings. The van der Waals surface area contributed by atoms with E-state index in [2.05, 4.69) is 106 Å². The average molecular weight is 701 g/mol. The van der Waals surface area contributed by atoms with Crippen LogP contribution < -0.4 is 9.47 Å². The Kier molecular flexibility index (Phi) is 7.40. The largest absolute Gasteiger partial charge is 0.457 e. The highest BCUT2D eigenvalue weighted by atomic mass is 16.5. The van der Waals surface area contributed by atoms with E-state index >= 15 is 0 Å². The lowest BCUT2D eigenvalue weighted by atomic mass is 10.1. The summed E-state index contributed by atoms with van der Waals surface area (Å²) >= 11 is 0. The fourth-order valence-electron chi connectivity index (χ4n) is 7.67. The molecule has 54 heavy (non-hydrogen) atoms. The van der Waals surface area contributed by atoms with Gasteiger partial charge in [-0.1, -0.05) is 48.5 Å². The SMILES string of the molecule is Cc1cc(Oc2cc(Oc3cc(C)c4c5ccccc5n(-c5ccccn5)c4c3)cc(-c3ncccn3)c2)cc2c1c1ccccc1n2-c1ccccn1. The zero-order valence-electron chi connectivity index (χ0n) is 29.5. The minimum atomic E-state index is 0.566. The molecular formula is C46H32N6O2. The number of benzene rings is 5. The van der Waals surface area contributed by atoms with Gasteiger partial charge < -0.3 is 9.47 Å². The summed E-state index contributed by atoms with van der Waals surface area (Å²) in [6, 6.07) is 44.7. The zero-order valence-corrected chi connectivity index (χ0v) is 29.5. The Morgan fingerprint density at radius 1 is 0.407 bits per heavy atom. The third kappa shape index (κ3) is 5.31. The van der Waals surface area contributed by atoms with E-state index < -0.39 is 0 Å². The number of nitrogens with zero attached hydrogens (tertiary/aromatic N) is 6. The molecule has 0 aliphatic carbocycles. The quantitative estimate of drug-likeness (QED) is 0.165. The predicted octanol–water partition coefficient (Wildman–Crippen LogP) is 11.3. The fourth-order valence-corrected chi connectivity index (χ4v) is 7.67. The first-order chi connectivity index (χ1) is 26.6. The minimum Gasteiger partial charge on any atom is -0.457 e. The Labute approximate surface area is 310 Å². The molecule has 0 N–H and O–H groups in total. The molecule has 0 saturated carbocycles. The second kappa shape index (κ2) is 12.7. The van der Waals surface area contributed by atoms with E-state index in [4.69, 9.17) is 19.4 Å². The van der Waals surface area contributed by atoms with Gasteiger partial charge in [0.1, 0.15) is 34.6 Å². The lowest BCUT2D eigenvalue weighted by molar-refractivity contribution is 0.461. The summed E-state index contributed by atoms with van der Waals surface area (Å²) in [6.45, 7) is 4.24. The number of ether oxygens (including phenoxy) is 2. The van der Waals surface area contributed by atoms with Gasteiger partial charge in [0.05, 0.1) is 22.1 Å². The number of pyridine rings is 2. The van der Waals surface area contributed by atoms with Crippen molar-refractivity contribution in [2.75, 3.05) is 0 Å². The molecule has 0 amide bonds. The average Bonchev–Trinajstić information content (AvgIpc) is 3.72. The van der Waals surface area contributed by atoms with E-state index in [0.717, 1.165) is 71.9 Å². The Bertz CT molecular complexity index is 2830. The van der Waals surface area contributed by atoms with Gasteiger partial charge in [-0.2, -0.15) is 0 Å². The lowest BCUT2D eigenvalue weighted by Gasteiger charge is -2.14. The molecule has 258 valence electrons. The molecule has 0 bridgehead atoms. The normalized spacial score (nSPS) is 11.5. The maximum Gasteiger partial charge on any atom is 0.159 e. The van der Waals surface area contributed by atoms with Gasteiger partial charge in [-0.3, -0.25) is 9.13 Å². The van der Waals surface area contributed by atoms with Gasteiger partial charge in [0.2, 0.25) is 0 Å². The number of hydrogen-bond donors (Lipinski definition) is 0. The zero-order chi connectivity index (χ0) is 36.2. The summed E-state index contributed by atoms with van der Waals surface area (Å²) in [7, 11) is 0. The molecule has 0 atom stereocenters. The van der Waals surface area contributed by atoms with E-state index in [0.29, 0.717) is 28.8 Å². The van der Waals surface area contributed by atoms with Crippen LogP contribution in [0.5, 0.6) is 23.0 Å². The predicted molar refractivity (Wildman–Crippen MR) is 214 cm³/mol. The molecular weight excluding hydrogens is 669 g/mol. The molecule has 0 radical (unpaired) electrons. The van der Waals surface area contributed by atoms with Crippen molar-refractivity contribution in [2.24, 2.45) is 0 Å². The molecule has 5 heterocycles. The van der Waals surface area contributed by atoms with Gasteiger partial charge in [0, 0.05) is 70.1 Å². The second-order valence-corrected chi connectivity index (χ2v) is 13.3. The van der Waals surface area contributed by atoms with E-state index in [9.17, 15) is 0 Å². The van der Waals surface area contributed by atoms with Gasteiger partial charge in [-0.25, -0.2) is 19.9 Å². The Hall–Kier alpha value is -7.32. The van der Waals surface area contributed by atoms with Crippen molar-refractivity contribution in [3.63, 3.8) is 0 Å². The molecule has 0 aliphatic heterocycles. The molecule has 0 aliphatic rings. The number of para-hydroxylation sites is 2. The van der Waals surface area contributed by atoms with Crippen molar-refractivity contribution in [3.8, 4) is 46.0 Å². The first-order valence-electron chi connectivity index (χ1n) is 17.8. The van der Waals surface area contributed by atoms with Crippen LogP contribution in [-0.4, -0.2) is 29.1 Å². The molecule has 0 fully saturated rings. The van der Waals surface area contributed by atoms with E-state index in [1.54, 1.807) is 18.5 Å². The van der Waals surface area contributed by atoms with Crippen LogP contribution in [0.3, 0.4) is 0 Å². The van der Waals surface area contributed by atoms with Crippen LogP contribution in [0.15, 0.2) is 158 Å². The maximum absolute atomic E-state index is 6.72. The van der Waals surface area contributed by atoms with Crippen molar-refractivity contribution in [1.82, 2.24) is 29.1 Å². The van der Waals surface area contributed by atoms with Gasteiger partial charge in [0.25, 0.3) is 0 Å². The summed E-state index contributed by atoms with van der Waals surface area (Å²) < 4.78 is 17.8. The summed E-state index contributed by atoms with van der Waals surface area (Å²) in [5.74, 6) is 4.81. The number of hydrogen-bond acceptors (Lipinski definition) is 6. The van der Waals surface area contributed by atoms with Crippen LogP contribution in [0.1, 0.15) is 11.1 Å². The molecule has 5 aromatic heterocycles. The van der Waals surface area contributed by atoms with Crippen LogP contribution in [0.4, 0.5) is 0 Å². The minimum absolute atomic E-state index is 0.566. The fraction of sp³-hybridized carbons (Fsp3) is 0.0435. The molecule has 10 rings (SSSR count). The number of fused-ring (bicyclic) bond motifs is 6. The van der Waals surface area contributed by atoms with Crippen LogP contribution in [0.2, 0.25) is 0 Å². The third-order valence-electron chi connectivity index (χ3n) is 9.82. The molecule has 5 aromatic carbocycles. The first-order valence-corrected chi connectivity index (χ1v) is 17.8. The number of aryl methyl sites for hydroxylation is 2. The highest BCUT2D eigenvalue weighted by Crippen LogP contribution is 2.41. The Balaban J connectivity index is 1.10. The van der Waals surface area contributed by atoms with Crippen LogP contribution in [0.25, 0.3) is 66.6 Å². The summed E-state index contributed by atoms with van der Waals surface area (Å²) in [5, 5.41) is 4.65. The van der Waals surface area contributed by atoms with Gasteiger partial charge >= 0.3 is 0 Å². The first kappa shape index (κ1) is 31.4. The van der Waals surface area contributed by atoms with Crippen molar-refractivity contribution in [2.45, 2.75) is 13.8 Å². The standard InChI is InChI=1S/C46H32N6O2/c1-29-22-32(27-40-44(29)36-12-3-5-14-38(36)51(40)42-16-7-9-18-47-42)53-34-24-31(46-49-20-11-21-50-46)25-35(26-34)54-33-23-30(2)45-37-13-4-6-15-39(37)52(41(45)28-33)43-17-8-10-19-48-43/h3-28H,1-2H3. The second-order valence-electron chi connectivity index (χ2n) is 13.3. The van der Waals surface area contributed by atoms with Crippen molar-refractivity contribution in [1.29, 1.82) is 0 Å². The van der Waals surface area contributed by atoms with E-state index in [1.807, 2.05) is 67.0 Å². The molecule has 8 heteroatoms. The van der Waals surface area contributed by atoms with Crippen LogP contribution in [-0.2, 0) is 0 Å². The maximum atomic E-state index is 6.72. The molecule has 0 spiro atoms. The van der Waals surface area contributed by atoms with Crippen LogP contribution in [0, 0.1) is 13.8 Å². The topological polar surface area (TPSA) is 79.9 Å². The molecule has 0 unspecified atom stereocenters. The third-order valence-corrected chi connectivity index (χ3v) is 9.82. The summed E-state index contributed by atoms with van der Waals surface area (Å²) in [4.78, 5) is 18.5. The van der Waals surface area contributed by atoms with Crippen molar-refractivity contribution >= 4 is 43.6 Å². The van der Waals surface area contributed by atoms with E-state index in [-0.39, 0.29) is 0 Å². The summed E-state index contributed by atoms with van der Waals surface area (Å²) in [6.07, 6.45) is 7.11. The number of rotatable bonds is 7.